The van der Waals surface area contributed by atoms with Crippen LogP contribution in [0.25, 0.3) is 0 Å². The van der Waals surface area contributed by atoms with E-state index in [1.807, 2.05) is 6.07 Å². The van der Waals surface area contributed by atoms with Gasteiger partial charge in [-0.1, -0.05) is 15.9 Å². The van der Waals surface area contributed by atoms with Crippen molar-refractivity contribution in [1.29, 1.82) is 5.26 Å². The monoisotopic (exact) mass is 269 g/mol. The van der Waals surface area contributed by atoms with Crippen LogP contribution in [0.2, 0.25) is 0 Å². The molecule has 0 unspecified atom stereocenters. The summed E-state index contributed by atoms with van der Waals surface area (Å²) in [6.45, 7) is 0. The molecular formula is C10H8BrNO3. The minimum Gasteiger partial charge on any atom is -0.496 e. The fourth-order valence-electron chi connectivity index (χ4n) is 1.18. The van der Waals surface area contributed by atoms with Crippen LogP contribution < -0.4 is 4.74 Å². The molecule has 78 valence electrons. The quantitative estimate of drug-likeness (QED) is 0.911. The number of nitrogens with zero attached hydrogens (tertiary/aromatic N) is 1. The van der Waals surface area contributed by atoms with Crippen molar-refractivity contribution in [3.05, 3.63) is 27.7 Å². The van der Waals surface area contributed by atoms with Gasteiger partial charge in [-0.25, -0.2) is 0 Å². The maximum atomic E-state index is 10.6. The van der Waals surface area contributed by atoms with Crippen LogP contribution in [0.5, 0.6) is 5.75 Å². The first-order chi connectivity index (χ1) is 7.08. The summed E-state index contributed by atoms with van der Waals surface area (Å²) >= 11 is 3.21. The number of carboxylic acid groups (broad SMARTS) is 1. The Balaban J connectivity index is 3.25. The van der Waals surface area contributed by atoms with E-state index in [-0.39, 0.29) is 6.42 Å². The Labute approximate surface area is 95.2 Å². The summed E-state index contributed by atoms with van der Waals surface area (Å²) in [7, 11) is 1.44. The lowest BCUT2D eigenvalue weighted by atomic mass is 10.1. The molecule has 0 aromatic heterocycles. The zero-order valence-electron chi connectivity index (χ0n) is 7.95. The zero-order chi connectivity index (χ0) is 11.4. The van der Waals surface area contributed by atoms with Crippen molar-refractivity contribution in [1.82, 2.24) is 0 Å². The van der Waals surface area contributed by atoms with E-state index in [1.165, 1.54) is 13.2 Å². The number of methoxy groups -OCH3 is 1. The largest absolute Gasteiger partial charge is 0.496 e. The Kier molecular flexibility index (Phi) is 3.69. The molecule has 0 saturated carbocycles. The molecule has 0 aliphatic rings. The third-order valence-electron chi connectivity index (χ3n) is 1.83. The molecule has 0 aliphatic heterocycles. The van der Waals surface area contributed by atoms with E-state index in [0.717, 1.165) is 0 Å². The van der Waals surface area contributed by atoms with Crippen molar-refractivity contribution in [2.24, 2.45) is 0 Å². The number of carboxylic acids is 1. The Morgan fingerprint density at radius 3 is 2.80 bits per heavy atom. The Hall–Kier alpha value is -1.54. The standard InChI is InChI=1S/C10H8BrNO3/c1-15-9-3-6(5-12)2-8(11)7(9)4-10(13)14/h2-3H,4H2,1H3,(H,13,14). The minimum absolute atomic E-state index is 0.143. The smallest absolute Gasteiger partial charge is 0.308 e. The Bertz CT molecular complexity index is 437. The third-order valence-corrected chi connectivity index (χ3v) is 2.54. The van der Waals surface area contributed by atoms with Gasteiger partial charge in [0, 0.05) is 10.0 Å². The van der Waals surface area contributed by atoms with E-state index in [2.05, 4.69) is 15.9 Å². The molecule has 0 fully saturated rings. The maximum Gasteiger partial charge on any atom is 0.308 e. The second kappa shape index (κ2) is 4.80. The lowest BCUT2D eigenvalue weighted by molar-refractivity contribution is -0.136. The van der Waals surface area contributed by atoms with Crippen molar-refractivity contribution in [3.8, 4) is 11.8 Å². The van der Waals surface area contributed by atoms with E-state index in [9.17, 15) is 4.79 Å². The highest BCUT2D eigenvalue weighted by Gasteiger charge is 2.13. The molecule has 0 aliphatic carbocycles. The molecule has 0 saturated heterocycles. The predicted octanol–water partition coefficient (Wildman–Crippen LogP) is 1.96. The number of hydrogen-bond donors (Lipinski definition) is 1. The van der Waals surface area contributed by atoms with Gasteiger partial charge in [0.15, 0.2) is 0 Å². The van der Waals surface area contributed by atoms with Gasteiger partial charge in [0.1, 0.15) is 5.75 Å². The van der Waals surface area contributed by atoms with Gasteiger partial charge in [0.2, 0.25) is 0 Å². The van der Waals surface area contributed by atoms with Crippen molar-refractivity contribution in [2.45, 2.75) is 6.42 Å². The van der Waals surface area contributed by atoms with E-state index >= 15 is 0 Å². The number of halogens is 1. The maximum absolute atomic E-state index is 10.6. The molecule has 0 atom stereocenters. The van der Waals surface area contributed by atoms with Crippen LogP contribution in [0.4, 0.5) is 0 Å². The summed E-state index contributed by atoms with van der Waals surface area (Å²) in [5.74, 6) is -0.540. The molecule has 0 spiro atoms. The number of benzene rings is 1. The molecule has 0 bridgehead atoms. The van der Waals surface area contributed by atoms with Crippen LogP contribution in [-0.4, -0.2) is 18.2 Å². The predicted molar refractivity (Wildman–Crippen MR) is 56.7 cm³/mol. The fraction of sp³-hybridized carbons (Fsp3) is 0.200. The highest BCUT2D eigenvalue weighted by atomic mass is 79.9. The topological polar surface area (TPSA) is 70.3 Å². The second-order valence-electron chi connectivity index (χ2n) is 2.82. The summed E-state index contributed by atoms with van der Waals surface area (Å²) < 4.78 is 5.60. The van der Waals surface area contributed by atoms with Gasteiger partial charge >= 0.3 is 5.97 Å². The SMILES string of the molecule is COc1cc(C#N)cc(Br)c1CC(=O)O. The third kappa shape index (κ3) is 2.70. The van der Waals surface area contributed by atoms with E-state index in [1.54, 1.807) is 6.07 Å². The van der Waals surface area contributed by atoms with Crippen molar-refractivity contribution < 1.29 is 14.6 Å². The average Bonchev–Trinajstić information content (AvgIpc) is 2.20. The number of carbonyl (C=O) groups is 1. The highest BCUT2D eigenvalue weighted by Crippen LogP contribution is 2.29. The van der Waals surface area contributed by atoms with Crippen molar-refractivity contribution in [2.75, 3.05) is 7.11 Å². The second-order valence-corrected chi connectivity index (χ2v) is 3.68. The van der Waals surface area contributed by atoms with E-state index < -0.39 is 5.97 Å². The number of rotatable bonds is 3. The van der Waals surface area contributed by atoms with Crippen molar-refractivity contribution in [3.63, 3.8) is 0 Å². The van der Waals surface area contributed by atoms with Crippen LogP contribution in [0, 0.1) is 11.3 Å². The summed E-state index contributed by atoms with van der Waals surface area (Å²) in [5, 5.41) is 17.4. The van der Waals surface area contributed by atoms with Gasteiger partial charge in [-0.2, -0.15) is 5.26 Å². The molecule has 0 heterocycles. The van der Waals surface area contributed by atoms with Crippen molar-refractivity contribution >= 4 is 21.9 Å². The van der Waals surface area contributed by atoms with Crippen LogP contribution >= 0.6 is 15.9 Å². The average molecular weight is 270 g/mol. The normalized spacial score (nSPS) is 9.40. The lowest BCUT2D eigenvalue weighted by Gasteiger charge is -2.09. The molecule has 0 radical (unpaired) electrons. The molecule has 5 heteroatoms. The van der Waals surface area contributed by atoms with E-state index in [4.69, 9.17) is 15.1 Å². The van der Waals surface area contributed by atoms with Crippen LogP contribution in [0.15, 0.2) is 16.6 Å². The molecule has 1 rings (SSSR count). The summed E-state index contributed by atoms with van der Waals surface area (Å²) in [6.07, 6.45) is -0.143. The number of ether oxygens (including phenoxy) is 1. The van der Waals surface area contributed by atoms with Gasteiger partial charge < -0.3 is 9.84 Å². The molecule has 4 nitrogen and oxygen atoms in total. The van der Waals surface area contributed by atoms with Gasteiger partial charge in [-0.3, -0.25) is 4.79 Å². The number of aliphatic carboxylic acids is 1. The molecule has 0 amide bonds. The van der Waals surface area contributed by atoms with Crippen LogP contribution in [0.3, 0.4) is 0 Å². The van der Waals surface area contributed by atoms with Crippen LogP contribution in [0.1, 0.15) is 11.1 Å². The molecule has 1 N–H and O–H groups in total. The molecular weight excluding hydrogens is 262 g/mol. The molecule has 1 aromatic carbocycles. The first-order valence-corrected chi connectivity index (χ1v) is 4.86. The Morgan fingerprint density at radius 2 is 2.33 bits per heavy atom. The van der Waals surface area contributed by atoms with Gasteiger partial charge in [-0.05, 0) is 12.1 Å². The first-order valence-electron chi connectivity index (χ1n) is 4.06. The van der Waals surface area contributed by atoms with Gasteiger partial charge in [-0.15, -0.1) is 0 Å². The number of hydrogen-bond acceptors (Lipinski definition) is 3. The van der Waals surface area contributed by atoms with Crippen LogP contribution in [-0.2, 0) is 11.2 Å². The molecule has 1 aromatic rings. The number of nitriles is 1. The minimum atomic E-state index is -0.946. The van der Waals surface area contributed by atoms with Gasteiger partial charge in [0.05, 0.1) is 25.2 Å². The summed E-state index contributed by atoms with van der Waals surface area (Å²) in [6, 6.07) is 5.05. The fourth-order valence-corrected chi connectivity index (χ4v) is 1.76. The zero-order valence-corrected chi connectivity index (χ0v) is 9.54. The molecule has 15 heavy (non-hydrogen) atoms. The van der Waals surface area contributed by atoms with E-state index in [0.29, 0.717) is 21.3 Å². The highest BCUT2D eigenvalue weighted by molar-refractivity contribution is 9.10. The van der Waals surface area contributed by atoms with Gasteiger partial charge in [0.25, 0.3) is 0 Å². The summed E-state index contributed by atoms with van der Waals surface area (Å²) in [4.78, 5) is 10.6. The summed E-state index contributed by atoms with van der Waals surface area (Å²) in [5.41, 5.74) is 0.955. The first kappa shape index (κ1) is 11.5. The lowest BCUT2D eigenvalue weighted by Crippen LogP contribution is -2.03. The Morgan fingerprint density at radius 1 is 1.67 bits per heavy atom.